The molecule has 0 radical (unpaired) electrons. The predicted molar refractivity (Wildman–Crippen MR) is 82.7 cm³/mol. The fourth-order valence-corrected chi connectivity index (χ4v) is 2.21. The predicted octanol–water partition coefficient (Wildman–Crippen LogP) is 4.43. The lowest BCUT2D eigenvalue weighted by atomic mass is 10.0. The molecule has 0 fully saturated rings. The van der Waals surface area contributed by atoms with Crippen LogP contribution in [0.4, 0.5) is 5.69 Å². The molecule has 0 saturated carbocycles. The van der Waals surface area contributed by atoms with Gasteiger partial charge in [0, 0.05) is 16.8 Å². The number of phenolic OH excluding ortho intramolecular Hbond substituents is 2. The van der Waals surface area contributed by atoms with E-state index in [1.165, 1.54) is 6.21 Å². The zero-order chi connectivity index (χ0) is 14.9. The van der Waals surface area contributed by atoms with Crippen molar-refractivity contribution >= 4 is 23.5 Å². The van der Waals surface area contributed by atoms with Crippen molar-refractivity contribution in [2.24, 2.45) is 4.99 Å². The number of benzene rings is 2. The van der Waals surface area contributed by atoms with Gasteiger partial charge in [-0.25, -0.2) is 0 Å². The van der Waals surface area contributed by atoms with Crippen molar-refractivity contribution in [3.05, 3.63) is 51.5 Å². The number of para-hydroxylation sites is 1. The number of hydrogen-bond acceptors (Lipinski definition) is 3. The van der Waals surface area contributed by atoms with Gasteiger partial charge in [0.25, 0.3) is 0 Å². The van der Waals surface area contributed by atoms with Gasteiger partial charge >= 0.3 is 0 Å². The molecule has 2 rings (SSSR count). The van der Waals surface area contributed by atoms with Gasteiger partial charge in [0.1, 0.15) is 17.2 Å². The first kappa shape index (κ1) is 14.4. The second-order valence-corrected chi connectivity index (χ2v) is 5.14. The summed E-state index contributed by atoms with van der Waals surface area (Å²) in [7, 11) is 0. The Bertz CT molecular complexity index is 673. The Kier molecular flexibility index (Phi) is 4.00. The number of aryl methyl sites for hydroxylation is 2. The van der Waals surface area contributed by atoms with Crippen LogP contribution in [-0.2, 0) is 0 Å². The highest BCUT2D eigenvalue weighted by Crippen LogP contribution is 2.32. The van der Waals surface area contributed by atoms with Gasteiger partial charge in [-0.05, 0) is 49.6 Å². The van der Waals surface area contributed by atoms with Crippen molar-refractivity contribution in [2.75, 3.05) is 0 Å². The van der Waals surface area contributed by atoms with Crippen molar-refractivity contribution in [1.82, 2.24) is 0 Å². The van der Waals surface area contributed by atoms with E-state index in [2.05, 4.69) is 4.99 Å². The van der Waals surface area contributed by atoms with E-state index in [9.17, 15) is 10.2 Å². The zero-order valence-electron chi connectivity index (χ0n) is 11.6. The maximum absolute atomic E-state index is 10.0. The number of aliphatic imine (C=N–C) groups is 1. The minimum atomic E-state index is 0.108. The molecule has 0 unspecified atom stereocenters. The van der Waals surface area contributed by atoms with E-state index in [0.717, 1.165) is 16.7 Å². The quantitative estimate of drug-likeness (QED) is 0.804. The van der Waals surface area contributed by atoms with Crippen molar-refractivity contribution in [2.45, 2.75) is 20.8 Å². The van der Waals surface area contributed by atoms with Crippen LogP contribution in [0.15, 0.2) is 29.3 Å². The number of aromatic hydroxyl groups is 2. The number of rotatable bonds is 2. The summed E-state index contributed by atoms with van der Waals surface area (Å²) in [6.07, 6.45) is 1.53. The van der Waals surface area contributed by atoms with Gasteiger partial charge in [0.15, 0.2) is 0 Å². The zero-order valence-corrected chi connectivity index (χ0v) is 12.4. The van der Waals surface area contributed by atoms with Gasteiger partial charge in [0.05, 0.1) is 0 Å². The second-order valence-electron chi connectivity index (χ2n) is 4.77. The third-order valence-corrected chi connectivity index (χ3v) is 3.83. The molecule has 0 amide bonds. The minimum Gasteiger partial charge on any atom is -0.507 e. The molecule has 0 aliphatic rings. The van der Waals surface area contributed by atoms with Gasteiger partial charge in [-0.15, -0.1) is 0 Å². The molecular formula is C16H16ClNO2. The van der Waals surface area contributed by atoms with E-state index in [1.807, 2.05) is 26.8 Å². The molecule has 0 saturated heterocycles. The summed E-state index contributed by atoms with van der Waals surface area (Å²) in [5.41, 5.74) is 3.49. The van der Waals surface area contributed by atoms with Gasteiger partial charge in [-0.2, -0.15) is 0 Å². The van der Waals surface area contributed by atoms with E-state index in [-0.39, 0.29) is 11.5 Å². The van der Waals surface area contributed by atoms with Crippen molar-refractivity contribution in [3.63, 3.8) is 0 Å². The third-order valence-electron chi connectivity index (χ3n) is 3.25. The van der Waals surface area contributed by atoms with Crippen LogP contribution in [0.3, 0.4) is 0 Å². The van der Waals surface area contributed by atoms with E-state index in [1.54, 1.807) is 18.2 Å². The number of hydrogen-bond donors (Lipinski definition) is 2. The highest BCUT2D eigenvalue weighted by molar-refractivity contribution is 6.32. The van der Waals surface area contributed by atoms with Gasteiger partial charge < -0.3 is 10.2 Å². The van der Waals surface area contributed by atoms with Crippen molar-refractivity contribution in [1.29, 1.82) is 0 Å². The lowest BCUT2D eigenvalue weighted by Gasteiger charge is -2.09. The molecule has 2 N–H and O–H groups in total. The molecule has 0 bridgehead atoms. The standard InChI is InChI=1S/C16H16ClNO2/c1-9-5-4-6-13(19)16(9)18-8-12-11(3)15(17)10(2)7-14(12)20/h4-8,19-20H,1-3H3. The summed E-state index contributed by atoms with van der Waals surface area (Å²) in [6, 6.07) is 6.80. The summed E-state index contributed by atoms with van der Waals surface area (Å²) in [5, 5.41) is 20.4. The van der Waals surface area contributed by atoms with Gasteiger partial charge in [0.2, 0.25) is 0 Å². The lowest BCUT2D eigenvalue weighted by Crippen LogP contribution is -1.92. The molecule has 20 heavy (non-hydrogen) atoms. The Balaban J connectivity index is 2.50. The molecule has 0 aliphatic carbocycles. The number of nitrogens with zero attached hydrogens (tertiary/aromatic N) is 1. The Morgan fingerprint density at radius 1 is 1.05 bits per heavy atom. The van der Waals surface area contributed by atoms with Gasteiger partial charge in [-0.3, -0.25) is 4.99 Å². The highest BCUT2D eigenvalue weighted by atomic mass is 35.5. The topological polar surface area (TPSA) is 52.8 Å². The van der Waals surface area contributed by atoms with Crippen LogP contribution in [0.25, 0.3) is 0 Å². The SMILES string of the molecule is Cc1cc(O)c(C=Nc2c(C)cccc2O)c(C)c1Cl. The van der Waals surface area contributed by atoms with E-state index >= 15 is 0 Å². The van der Waals surface area contributed by atoms with E-state index in [4.69, 9.17) is 11.6 Å². The maximum atomic E-state index is 10.0. The van der Waals surface area contributed by atoms with E-state index in [0.29, 0.717) is 16.3 Å². The average Bonchev–Trinajstić information content (AvgIpc) is 2.39. The van der Waals surface area contributed by atoms with Crippen molar-refractivity contribution in [3.8, 4) is 11.5 Å². The number of halogens is 1. The molecule has 0 aromatic heterocycles. The molecule has 3 nitrogen and oxygen atoms in total. The van der Waals surface area contributed by atoms with Crippen LogP contribution < -0.4 is 0 Å². The summed E-state index contributed by atoms with van der Waals surface area (Å²) in [4.78, 5) is 4.27. The first-order valence-electron chi connectivity index (χ1n) is 6.23. The number of phenols is 2. The molecule has 0 spiro atoms. The minimum absolute atomic E-state index is 0.108. The van der Waals surface area contributed by atoms with Crippen LogP contribution in [0.1, 0.15) is 22.3 Å². The Hall–Kier alpha value is -2.00. The second kappa shape index (κ2) is 5.55. The molecule has 2 aromatic carbocycles. The fourth-order valence-electron chi connectivity index (χ4n) is 2.06. The first-order chi connectivity index (χ1) is 9.41. The summed E-state index contributed by atoms with van der Waals surface area (Å²) < 4.78 is 0. The molecule has 0 heterocycles. The first-order valence-corrected chi connectivity index (χ1v) is 6.61. The lowest BCUT2D eigenvalue weighted by molar-refractivity contribution is 0.473. The van der Waals surface area contributed by atoms with Crippen LogP contribution in [0.5, 0.6) is 11.5 Å². The summed E-state index contributed by atoms with van der Waals surface area (Å²) in [6.45, 7) is 5.53. The molecule has 0 aliphatic heterocycles. The monoisotopic (exact) mass is 289 g/mol. The van der Waals surface area contributed by atoms with Crippen LogP contribution in [0, 0.1) is 20.8 Å². The van der Waals surface area contributed by atoms with Crippen molar-refractivity contribution < 1.29 is 10.2 Å². The molecule has 4 heteroatoms. The van der Waals surface area contributed by atoms with Crippen LogP contribution >= 0.6 is 11.6 Å². The maximum Gasteiger partial charge on any atom is 0.141 e. The summed E-state index contributed by atoms with van der Waals surface area (Å²) in [5.74, 6) is 0.234. The third kappa shape index (κ3) is 2.63. The normalized spacial score (nSPS) is 11.2. The largest absolute Gasteiger partial charge is 0.507 e. The van der Waals surface area contributed by atoms with Crippen LogP contribution in [0.2, 0.25) is 5.02 Å². The highest BCUT2D eigenvalue weighted by Gasteiger charge is 2.10. The average molecular weight is 290 g/mol. The van der Waals surface area contributed by atoms with Crippen LogP contribution in [-0.4, -0.2) is 16.4 Å². The molecule has 2 aromatic rings. The van der Waals surface area contributed by atoms with E-state index < -0.39 is 0 Å². The molecule has 104 valence electrons. The Morgan fingerprint density at radius 2 is 1.75 bits per heavy atom. The molecular weight excluding hydrogens is 274 g/mol. The smallest absolute Gasteiger partial charge is 0.141 e. The van der Waals surface area contributed by atoms with Gasteiger partial charge in [-0.1, -0.05) is 23.7 Å². The Morgan fingerprint density at radius 3 is 2.40 bits per heavy atom. The summed E-state index contributed by atoms with van der Waals surface area (Å²) >= 11 is 6.18. The Labute approximate surface area is 123 Å². The fraction of sp³-hybridized carbons (Fsp3) is 0.188. The molecule has 0 atom stereocenters.